The van der Waals surface area contributed by atoms with Gasteiger partial charge in [-0.2, -0.15) is 0 Å². The fourth-order valence-corrected chi connectivity index (χ4v) is 0. The van der Waals surface area contributed by atoms with Crippen LogP contribution in [0.1, 0.15) is 0 Å². The van der Waals surface area contributed by atoms with E-state index in [1.807, 2.05) is 0 Å². The molecule has 0 spiro atoms. The van der Waals surface area contributed by atoms with Crippen LogP contribution in [0.3, 0.4) is 0 Å². The Balaban J connectivity index is -0.00000000321. The van der Waals surface area contributed by atoms with Crippen molar-refractivity contribution < 1.29 is 129 Å². The van der Waals surface area contributed by atoms with Gasteiger partial charge in [-0.05, 0) is 0 Å². The molecule has 0 aliphatic heterocycles. The molecule has 0 aromatic heterocycles. The van der Waals surface area contributed by atoms with Crippen molar-refractivity contribution in [1.82, 2.24) is 0 Å². The molecule has 23 heavy (non-hydrogen) atoms. The van der Waals surface area contributed by atoms with Crippen LogP contribution in [-0.4, -0.2) is 0 Å². The Labute approximate surface area is 232 Å². The second-order valence-corrected chi connectivity index (χ2v) is 0. The molecule has 0 bridgehead atoms. The van der Waals surface area contributed by atoms with Crippen molar-refractivity contribution in [3.05, 3.63) is 59.1 Å². The maximum Gasteiger partial charge on any atom is 2.00 e. The van der Waals surface area contributed by atoms with Gasteiger partial charge in [-0.1, -0.05) is 0 Å². The number of hydrogen-bond acceptors (Lipinski definition) is 9. The normalized spacial score (nSPS) is 0.783. The van der Waals surface area contributed by atoms with Crippen LogP contribution in [0.2, 0.25) is 0 Å². The third kappa shape index (κ3) is 38800. The zero-order valence-electron chi connectivity index (χ0n) is 12.4. The molecule has 0 saturated carbocycles. The van der Waals surface area contributed by atoms with Gasteiger partial charge in [0, 0.05) is 0 Å². The first-order valence-corrected chi connectivity index (χ1v) is 2.01. The van der Waals surface area contributed by atoms with Crippen LogP contribution >= 0.6 is 0 Å². The second-order valence-electron chi connectivity index (χ2n) is 0. The first kappa shape index (κ1) is 143. The topological polar surface area (TPSA) is 214 Å². The van der Waals surface area contributed by atoms with Gasteiger partial charge in [0.05, 0.1) is 0 Å². The van der Waals surface area contributed by atoms with E-state index in [-0.39, 0.29) is 129 Å². The Kier molecular flexibility index (Phi) is 268000. The Morgan fingerprint density at radius 1 is 0.217 bits per heavy atom. The monoisotopic (exact) mass is 529 g/mol. The van der Waals surface area contributed by atoms with Gasteiger partial charge in [-0.15, -0.1) is 0 Å². The first-order valence-electron chi connectivity index (χ1n) is 2.01. The van der Waals surface area contributed by atoms with Crippen molar-refractivity contribution in [2.45, 2.75) is 0 Å². The van der Waals surface area contributed by atoms with E-state index >= 15 is 0 Å². The van der Waals surface area contributed by atoms with E-state index < -0.39 is 0 Å². The predicted octanol–water partition coefficient (Wildman–Crippen LogP) is -2.14. The van der Waals surface area contributed by atoms with Gasteiger partial charge in [0.2, 0.25) is 0 Å². The molecule has 0 N–H and O–H groups in total. The molecule has 0 fully saturated rings. The molecule has 14 heteroatoms. The number of hydrogen-bond donors (Lipinski definition) is 0. The molecule has 9 nitrogen and oxygen atoms in total. The molecule has 0 radical (unpaired) electrons. The van der Waals surface area contributed by atoms with Crippen LogP contribution in [0.25, 0.3) is 0 Å². The minimum Gasteiger partial charge on any atom is -0.512 e. The Morgan fingerprint density at radius 3 is 0.217 bits per heavy atom. The van der Waals surface area contributed by atoms with Crippen LogP contribution in [-0.2, 0) is 77.9 Å². The van der Waals surface area contributed by atoms with E-state index in [4.69, 9.17) is 107 Å². The molecule has 0 rings (SSSR count). The summed E-state index contributed by atoms with van der Waals surface area (Å²) in [5.74, 6) is 0. The SMILES string of the molecule is [C-]#N.[C-]#N.[C-]#N.[C-]#N.[C-]#N.[C-]#N.[C-]#N.[C-]#N.[C-]#N.[K+].[Zn+2].[Zn+2].[Zn+2].[Zn+2]. The van der Waals surface area contributed by atoms with Gasteiger partial charge < -0.3 is 107 Å². The van der Waals surface area contributed by atoms with Gasteiger partial charge in [0.15, 0.2) is 0 Å². The summed E-state index contributed by atoms with van der Waals surface area (Å²) in [5, 5.41) is 56.2. The molecule has 0 aromatic rings. The van der Waals surface area contributed by atoms with Crippen molar-refractivity contribution in [3.63, 3.8) is 0 Å². The van der Waals surface area contributed by atoms with Crippen LogP contribution in [0, 0.1) is 107 Å². The third-order valence-corrected chi connectivity index (χ3v) is 0. The Morgan fingerprint density at radius 2 is 0.217 bits per heavy atom. The molecule has 0 saturated heterocycles. The van der Waals surface area contributed by atoms with Crippen molar-refractivity contribution in [2.24, 2.45) is 0 Å². The van der Waals surface area contributed by atoms with Crippen LogP contribution in [0.5, 0.6) is 0 Å². The fraction of sp³-hybridized carbons (Fsp3) is 0. The average molecular weight is 535 g/mol. The van der Waals surface area contributed by atoms with Crippen molar-refractivity contribution in [2.75, 3.05) is 0 Å². The average Bonchev–Trinajstić information content (AvgIpc) is 2.63. The second kappa shape index (κ2) is 42900. The summed E-state index contributed by atoms with van der Waals surface area (Å²) in [6.45, 7) is 42.8. The van der Waals surface area contributed by atoms with Gasteiger partial charge in [0.25, 0.3) is 0 Å². The summed E-state index contributed by atoms with van der Waals surface area (Å²) in [4.78, 5) is 0. The maximum atomic E-state index is 6.25. The van der Waals surface area contributed by atoms with Crippen molar-refractivity contribution in [1.29, 1.82) is 47.4 Å². The summed E-state index contributed by atoms with van der Waals surface area (Å²) >= 11 is 0. The molecule has 90 valence electrons. The number of nitrogens with zero attached hydrogens (tertiary/aromatic N) is 9. The van der Waals surface area contributed by atoms with E-state index in [9.17, 15) is 0 Å². The molecule has 0 aliphatic rings. The molecule has 0 aliphatic carbocycles. The number of rotatable bonds is 0. The van der Waals surface area contributed by atoms with Crippen molar-refractivity contribution >= 4 is 0 Å². The Bertz CT molecular complexity index is 167. The van der Waals surface area contributed by atoms with Crippen LogP contribution in [0.4, 0.5) is 0 Å². The molecule has 0 amide bonds. The predicted molar refractivity (Wildman–Crippen MR) is 44.7 cm³/mol. The van der Waals surface area contributed by atoms with Crippen LogP contribution in [0.15, 0.2) is 0 Å². The summed E-state index contributed by atoms with van der Waals surface area (Å²) in [7, 11) is 0. The molecular weight excluding hydrogens is 535 g/mol. The summed E-state index contributed by atoms with van der Waals surface area (Å²) in [6, 6.07) is 0. The smallest absolute Gasteiger partial charge is 0.512 e. The van der Waals surface area contributed by atoms with Gasteiger partial charge in [0.1, 0.15) is 0 Å². The summed E-state index contributed by atoms with van der Waals surface area (Å²) < 4.78 is 0. The maximum absolute atomic E-state index is 6.25. The minimum atomic E-state index is 0. The van der Waals surface area contributed by atoms with E-state index in [0.717, 1.165) is 0 Å². The molecule has 0 heterocycles. The fourth-order valence-electron chi connectivity index (χ4n) is 0. The standard InChI is InChI=1S/9CN.K.4Zn/c9*1-2;;;;;/q9*-1;+1;4*+2. The molecule has 0 atom stereocenters. The third-order valence-electron chi connectivity index (χ3n) is 0. The molecular formula is C9KN9Zn4. The van der Waals surface area contributed by atoms with Gasteiger partial charge >= 0.3 is 129 Å². The minimum absolute atomic E-state index is 0. The van der Waals surface area contributed by atoms with E-state index in [1.54, 1.807) is 0 Å². The van der Waals surface area contributed by atoms with Crippen molar-refractivity contribution in [3.8, 4) is 0 Å². The largest absolute Gasteiger partial charge is 2.00 e. The van der Waals surface area contributed by atoms with E-state index in [1.165, 1.54) is 0 Å². The molecule has 0 unspecified atom stereocenters. The van der Waals surface area contributed by atoms with Gasteiger partial charge in [-0.3, -0.25) is 0 Å². The zero-order chi connectivity index (χ0) is 18.0. The summed E-state index contributed by atoms with van der Waals surface area (Å²) in [6.07, 6.45) is 0. The Hall–Kier alpha value is -0.460. The van der Waals surface area contributed by atoms with Gasteiger partial charge in [-0.25, -0.2) is 0 Å². The van der Waals surface area contributed by atoms with E-state index in [2.05, 4.69) is 0 Å². The van der Waals surface area contributed by atoms with Crippen LogP contribution < -0.4 is 51.4 Å². The quantitative estimate of drug-likeness (QED) is 0.244. The summed E-state index contributed by atoms with van der Waals surface area (Å²) in [5.41, 5.74) is 0. The molecule has 0 aromatic carbocycles. The first-order chi connectivity index (χ1) is 9.00. The van der Waals surface area contributed by atoms with E-state index in [0.29, 0.717) is 0 Å². The zero-order valence-corrected chi connectivity index (χ0v) is 27.3.